The SMILES string of the molecule is CC(C)(C)OC(=O)NC[C@]12CC3C[C@](CNC(=O)c4occc(=O)c4OCc4ccccc4)(CC(CNC(=O)c4occc(=O)c4OCc4ccccc4)(C1)[C@@H]3CNC(=O)c1occc(=O)c1OCc1ccccc1)C2. The fourth-order valence-corrected chi connectivity index (χ4v) is 11.9. The highest BCUT2D eigenvalue weighted by Gasteiger charge is 2.67. The highest BCUT2D eigenvalue weighted by atomic mass is 16.6. The van der Waals surface area contributed by atoms with E-state index in [2.05, 4.69) is 21.3 Å². The van der Waals surface area contributed by atoms with E-state index in [1.54, 1.807) is 20.8 Å². The van der Waals surface area contributed by atoms with Crippen molar-refractivity contribution in [2.24, 2.45) is 28.1 Å². The summed E-state index contributed by atoms with van der Waals surface area (Å²) in [5.41, 5.74) is -2.34. The van der Waals surface area contributed by atoms with E-state index in [4.69, 9.17) is 32.2 Å². The van der Waals surface area contributed by atoms with Crippen molar-refractivity contribution < 1.29 is 51.4 Å². The lowest BCUT2D eigenvalue weighted by atomic mass is 9.36. The van der Waals surface area contributed by atoms with Crippen molar-refractivity contribution in [2.45, 2.75) is 78.3 Å². The first-order valence-electron chi connectivity index (χ1n) is 25.2. The minimum Gasteiger partial charge on any atom is -0.481 e. The molecule has 2 unspecified atom stereocenters. The van der Waals surface area contributed by atoms with Gasteiger partial charge in [0.05, 0.1) is 18.8 Å². The second kappa shape index (κ2) is 22.2. The van der Waals surface area contributed by atoms with Gasteiger partial charge in [-0.15, -0.1) is 0 Å². The van der Waals surface area contributed by atoms with Crippen LogP contribution in [-0.4, -0.2) is 55.6 Å². The monoisotopic (exact) mass is 1040 g/mol. The van der Waals surface area contributed by atoms with E-state index < -0.39 is 61.9 Å². The molecule has 4 amide bonds. The average molecular weight is 1040 g/mol. The molecule has 0 radical (unpaired) electrons. The van der Waals surface area contributed by atoms with Gasteiger partial charge >= 0.3 is 6.09 Å². The average Bonchev–Trinajstić information content (AvgIpc) is 3.60. The summed E-state index contributed by atoms with van der Waals surface area (Å²) in [5, 5.41) is 12.2. The Morgan fingerprint density at radius 3 is 1.30 bits per heavy atom. The van der Waals surface area contributed by atoms with Crippen LogP contribution in [0.2, 0.25) is 0 Å². The van der Waals surface area contributed by atoms with E-state index in [1.165, 1.54) is 18.2 Å². The summed E-state index contributed by atoms with van der Waals surface area (Å²) >= 11 is 0. The Hall–Kier alpha value is -8.41. The van der Waals surface area contributed by atoms with Crippen LogP contribution in [0.5, 0.6) is 17.2 Å². The van der Waals surface area contributed by atoms with Gasteiger partial charge in [0.25, 0.3) is 17.7 Å². The van der Waals surface area contributed by atoms with Crippen LogP contribution in [0.4, 0.5) is 4.79 Å². The van der Waals surface area contributed by atoms with Crippen LogP contribution in [0.1, 0.15) is 101 Å². The Labute approximate surface area is 437 Å². The van der Waals surface area contributed by atoms with E-state index in [-0.39, 0.29) is 92.4 Å². The molecule has 4 fully saturated rings. The van der Waals surface area contributed by atoms with Gasteiger partial charge < -0.3 is 53.5 Å². The van der Waals surface area contributed by atoms with E-state index in [9.17, 15) is 33.6 Å². The molecule has 0 spiro atoms. The third kappa shape index (κ3) is 12.1. The number of rotatable bonds is 20. The number of ether oxygens (including phenoxy) is 4. The van der Waals surface area contributed by atoms with Gasteiger partial charge in [-0.2, -0.15) is 0 Å². The first kappa shape index (κ1) is 52.5. The number of carbonyl (C=O) groups excluding carboxylic acids is 4. The van der Waals surface area contributed by atoms with Gasteiger partial charge in [-0.3, -0.25) is 28.8 Å². The van der Waals surface area contributed by atoms with Crippen molar-refractivity contribution in [3.05, 3.63) is 193 Å². The van der Waals surface area contributed by atoms with Crippen molar-refractivity contribution in [3.63, 3.8) is 0 Å². The topological polar surface area (TPSA) is 244 Å². The maximum Gasteiger partial charge on any atom is 0.407 e. The predicted octanol–water partition coefficient (Wildman–Crippen LogP) is 7.58. The molecule has 3 aromatic heterocycles. The molecular weight excluding hydrogens is 977 g/mol. The van der Waals surface area contributed by atoms with E-state index in [0.717, 1.165) is 35.5 Å². The molecule has 0 saturated heterocycles. The Balaban J connectivity index is 1.03. The van der Waals surface area contributed by atoms with Gasteiger partial charge in [0.15, 0.2) is 0 Å². The molecule has 396 valence electrons. The third-order valence-electron chi connectivity index (χ3n) is 14.5. The summed E-state index contributed by atoms with van der Waals surface area (Å²) in [6.45, 7) is 5.60. The maximum atomic E-state index is 14.5. The molecule has 4 aliphatic carbocycles. The first-order valence-corrected chi connectivity index (χ1v) is 25.2. The summed E-state index contributed by atoms with van der Waals surface area (Å²) in [6.07, 6.45) is 5.25. The van der Waals surface area contributed by atoms with Gasteiger partial charge in [-0.1, -0.05) is 91.0 Å². The molecule has 6 aromatic rings. The zero-order chi connectivity index (χ0) is 53.5. The molecule has 76 heavy (non-hydrogen) atoms. The number of hydrogen-bond acceptors (Lipinski definition) is 14. The third-order valence-corrected chi connectivity index (χ3v) is 14.5. The molecule has 3 aromatic carbocycles. The summed E-state index contributed by atoms with van der Waals surface area (Å²) in [4.78, 5) is 96.1. The van der Waals surface area contributed by atoms with Crippen LogP contribution in [0.3, 0.4) is 0 Å². The lowest BCUT2D eigenvalue weighted by molar-refractivity contribution is -0.189. The molecule has 10 rings (SSSR count). The van der Waals surface area contributed by atoms with E-state index >= 15 is 0 Å². The second-order valence-corrected chi connectivity index (χ2v) is 21.3. The van der Waals surface area contributed by atoms with E-state index in [0.29, 0.717) is 32.1 Å². The van der Waals surface area contributed by atoms with Crippen LogP contribution in [0, 0.1) is 28.1 Å². The summed E-state index contributed by atoms with van der Waals surface area (Å²) in [6, 6.07) is 31.0. The Kier molecular flexibility index (Phi) is 15.3. The zero-order valence-corrected chi connectivity index (χ0v) is 42.5. The second-order valence-electron chi connectivity index (χ2n) is 21.3. The number of carbonyl (C=O) groups is 4. The molecule has 3 heterocycles. The molecule has 4 N–H and O–H groups in total. The van der Waals surface area contributed by atoms with Crippen LogP contribution in [0.15, 0.2) is 156 Å². The molecule has 4 aliphatic rings. The highest BCUT2D eigenvalue weighted by Crippen LogP contribution is 2.71. The van der Waals surface area contributed by atoms with Crippen molar-refractivity contribution in [1.82, 2.24) is 21.3 Å². The quantitative estimate of drug-likeness (QED) is 0.0576. The van der Waals surface area contributed by atoms with Crippen molar-refractivity contribution >= 4 is 23.8 Å². The largest absolute Gasteiger partial charge is 0.481 e. The van der Waals surface area contributed by atoms with E-state index in [1.807, 2.05) is 91.0 Å². The van der Waals surface area contributed by atoms with Crippen LogP contribution >= 0.6 is 0 Å². The van der Waals surface area contributed by atoms with Gasteiger partial charge in [0.1, 0.15) is 25.4 Å². The standard InChI is InChI=1S/C58H60N4O14/c1-55(2,3)76-54(69)62-35-57-26-40-25-56(31-57,34-60-52(67)49-46(43(64)20-23-71-49)74-29-38-15-9-5-10-16-38)32-58(33-57,36-61-53(68)50-47(44(65)21-24-72-50)75-30-39-17-11-6-12-18-39)41(40)27-59-51(66)48-45(42(63)19-22-70-48)73-28-37-13-7-4-8-14-37/h4-24,40-41H,25-36H2,1-3H3,(H,59,66)(H,60,67)(H,61,68)(H,62,69)/t40?,41-,56-,57+,58?/m1/s1. The van der Waals surface area contributed by atoms with Gasteiger partial charge in [0, 0.05) is 44.4 Å². The molecule has 0 aliphatic heterocycles. The Morgan fingerprint density at radius 2 is 0.895 bits per heavy atom. The lowest BCUT2D eigenvalue weighted by Crippen LogP contribution is -2.68. The number of alkyl carbamates (subject to hydrolysis) is 1. The summed E-state index contributed by atoms with van der Waals surface area (Å²) < 4.78 is 40.5. The molecule has 18 heteroatoms. The van der Waals surface area contributed by atoms with Gasteiger partial charge in [-0.25, -0.2) is 4.79 Å². The number of nitrogens with one attached hydrogen (secondary N) is 4. The highest BCUT2D eigenvalue weighted by molar-refractivity contribution is 5.95. The molecule has 4 bridgehead atoms. The number of benzene rings is 3. The van der Waals surface area contributed by atoms with Gasteiger partial charge in [-0.05, 0) is 97.6 Å². The molecule has 4 saturated carbocycles. The normalized spacial score (nSPS) is 21.2. The molecule has 18 nitrogen and oxygen atoms in total. The van der Waals surface area contributed by atoms with Crippen molar-refractivity contribution in [3.8, 4) is 17.2 Å². The first-order chi connectivity index (χ1) is 36.5. The fraction of sp³-hybridized carbons (Fsp3) is 0.362. The fourth-order valence-electron chi connectivity index (χ4n) is 11.9. The molecule has 5 atom stereocenters. The lowest BCUT2D eigenvalue weighted by Gasteiger charge is -2.70. The number of hydrogen-bond donors (Lipinski definition) is 4. The predicted molar refractivity (Wildman–Crippen MR) is 276 cm³/mol. The van der Waals surface area contributed by atoms with Crippen molar-refractivity contribution in [1.29, 1.82) is 0 Å². The number of amides is 4. The van der Waals surface area contributed by atoms with Gasteiger partial charge in [0.2, 0.25) is 50.8 Å². The van der Waals surface area contributed by atoms with Crippen LogP contribution in [0.25, 0.3) is 0 Å². The Bertz CT molecular complexity index is 3240. The minimum atomic E-state index is -0.879. The zero-order valence-electron chi connectivity index (χ0n) is 42.5. The van der Waals surface area contributed by atoms with Crippen LogP contribution in [-0.2, 0) is 24.6 Å². The van der Waals surface area contributed by atoms with Crippen LogP contribution < -0.4 is 51.8 Å². The maximum absolute atomic E-state index is 14.5. The smallest absolute Gasteiger partial charge is 0.407 e. The Morgan fingerprint density at radius 1 is 0.513 bits per heavy atom. The van der Waals surface area contributed by atoms with Crippen molar-refractivity contribution in [2.75, 3.05) is 26.2 Å². The molecular formula is C58H60N4O14. The minimum absolute atomic E-state index is 0.000421. The summed E-state index contributed by atoms with van der Waals surface area (Å²) in [7, 11) is 0. The summed E-state index contributed by atoms with van der Waals surface area (Å²) in [5.74, 6) is -4.38.